The maximum atomic E-state index is 4.93. The van der Waals surface area contributed by atoms with E-state index in [0.29, 0.717) is 0 Å². The number of likely N-dealkylation sites (tertiary alicyclic amines) is 2. The quantitative estimate of drug-likeness (QED) is 0.201. The molecule has 0 radical (unpaired) electrons. The molecule has 15 atom stereocenters. The predicted molar refractivity (Wildman–Crippen MR) is 269 cm³/mol. The molecule has 8 saturated carbocycles. The number of hydrogen-bond donors (Lipinski definition) is 0. The second-order valence-electron chi connectivity index (χ2n) is 21.6. The molecule has 0 bridgehead atoms. The third kappa shape index (κ3) is 13.6. The molecule has 2 saturated heterocycles. The van der Waals surface area contributed by atoms with E-state index in [9.17, 15) is 0 Å². The van der Waals surface area contributed by atoms with Gasteiger partial charge in [0.25, 0.3) is 0 Å². The van der Waals surface area contributed by atoms with Crippen molar-refractivity contribution in [3.05, 3.63) is 29.7 Å². The fraction of sp³-hybridized carbons (Fsp3) is 0.922. The van der Waals surface area contributed by atoms with Crippen molar-refractivity contribution in [2.75, 3.05) is 14.1 Å². The summed E-state index contributed by atoms with van der Waals surface area (Å²) in [4.78, 5) is 5.87. The van der Waals surface area contributed by atoms with E-state index in [1.807, 2.05) is 0 Å². The Hall–Kier alpha value is 3.06. The van der Waals surface area contributed by atoms with E-state index in [4.69, 9.17) is 34.1 Å². The molecule has 0 amide bonds. The summed E-state index contributed by atoms with van der Waals surface area (Å²) >= 11 is -1.65. The summed E-state index contributed by atoms with van der Waals surface area (Å²) in [5, 5.41) is 0. The van der Waals surface area contributed by atoms with Crippen molar-refractivity contribution in [2.24, 2.45) is 59.2 Å². The molecule has 10 aliphatic rings. The minimum absolute atomic E-state index is 0. The van der Waals surface area contributed by atoms with Crippen molar-refractivity contribution in [1.82, 2.24) is 9.80 Å². The van der Waals surface area contributed by atoms with Crippen molar-refractivity contribution < 1.29 is 41.7 Å². The molecule has 352 valence electrons. The van der Waals surface area contributed by atoms with Crippen LogP contribution in [0.2, 0.25) is 24.2 Å². The van der Waals surface area contributed by atoms with Crippen molar-refractivity contribution in [1.29, 1.82) is 0 Å². The molecule has 0 aromatic heterocycles. The zero-order chi connectivity index (χ0) is 39.3. The van der Waals surface area contributed by atoms with Crippen LogP contribution in [0, 0.1) is 88.9 Å². The van der Waals surface area contributed by atoms with E-state index in [1.165, 1.54) is 89.9 Å². The first-order valence-corrected chi connectivity index (χ1v) is 39.8. The van der Waals surface area contributed by atoms with E-state index in [1.54, 1.807) is 64.2 Å². The molecule has 0 spiro atoms. The molecule has 0 N–H and O–H groups in total. The van der Waals surface area contributed by atoms with Crippen LogP contribution in [0.15, 0.2) is 0 Å². The van der Waals surface area contributed by atoms with Crippen LogP contribution >= 0.6 is 34.1 Å². The number of rotatable bonds is 2. The van der Waals surface area contributed by atoms with Gasteiger partial charge >= 0.3 is 75.7 Å². The number of halogens is 4. The maximum absolute atomic E-state index is 4.93. The van der Waals surface area contributed by atoms with Crippen LogP contribution in [0.25, 0.3) is 0 Å². The molecule has 8 aliphatic carbocycles. The average Bonchev–Trinajstić information content (AvgIpc) is 4.03. The van der Waals surface area contributed by atoms with E-state index in [2.05, 4.69) is 50.8 Å². The monoisotopic (exact) mass is 1090 g/mol. The predicted octanol–water partition coefficient (Wildman–Crippen LogP) is 17.6. The number of fused-ring (bicyclic) bond motifs is 10. The van der Waals surface area contributed by atoms with E-state index in [-0.39, 0.29) is 37.1 Å². The van der Waals surface area contributed by atoms with Gasteiger partial charge in [0.15, 0.2) is 0 Å². The normalized spacial score (nSPS) is 40.7. The summed E-state index contributed by atoms with van der Waals surface area (Å²) in [5.41, 5.74) is 2.26. The van der Waals surface area contributed by atoms with Crippen molar-refractivity contribution in [3.63, 3.8) is 0 Å². The van der Waals surface area contributed by atoms with Crippen LogP contribution in [-0.4, -0.2) is 56.1 Å². The van der Waals surface area contributed by atoms with Gasteiger partial charge in [-0.1, -0.05) is 131 Å². The Bertz CT molecular complexity index is 1130. The fourth-order valence-corrected chi connectivity index (χ4v) is 22.0. The van der Waals surface area contributed by atoms with E-state index >= 15 is 0 Å². The summed E-state index contributed by atoms with van der Waals surface area (Å²) in [7, 11) is 23.6. The Kier molecular flexibility index (Phi) is 29.7. The first-order valence-electron chi connectivity index (χ1n) is 23.9. The minimum atomic E-state index is -1.20. The van der Waals surface area contributed by atoms with Crippen LogP contribution in [0.1, 0.15) is 175 Å². The van der Waals surface area contributed by atoms with Gasteiger partial charge in [0.05, 0.1) is 8.07 Å². The van der Waals surface area contributed by atoms with Gasteiger partial charge in [-0.3, -0.25) is 9.80 Å². The van der Waals surface area contributed by atoms with Gasteiger partial charge in [0.2, 0.25) is 0 Å². The Morgan fingerprint density at radius 3 is 1.40 bits per heavy atom. The van der Waals surface area contributed by atoms with Crippen LogP contribution in [0.3, 0.4) is 0 Å². The SMILES string of the molecule is C.C1CCCC1.CC1CCC2C(C1)C1C3CCCCC3C([Si](C)(C)C3CCCC3)C1N2C.CC1CCC2C(C1)C1CC3CCCCC3C1N2C.[CH3-].[CH3-].[CH3-].[CH3-].[Cl][Zr+2][Cl].[Cl][Zr+2][Cl]. The van der Waals surface area contributed by atoms with E-state index < -0.39 is 49.8 Å². The van der Waals surface area contributed by atoms with Crippen LogP contribution in [-0.2, 0) is 41.7 Å². The third-order valence-corrected chi connectivity index (χ3v) is 24.0. The van der Waals surface area contributed by atoms with Gasteiger partial charge in [-0.2, -0.15) is 0 Å². The van der Waals surface area contributed by atoms with Gasteiger partial charge in [-0.15, -0.1) is 0 Å². The first kappa shape index (κ1) is 61.1. The number of hydrogen-bond acceptors (Lipinski definition) is 2. The van der Waals surface area contributed by atoms with Gasteiger partial charge in [-0.05, 0) is 142 Å². The second kappa shape index (κ2) is 29.2. The Balaban J connectivity index is 0.000000463. The molecule has 10 rings (SSSR count). The van der Waals surface area contributed by atoms with Crippen LogP contribution in [0.5, 0.6) is 0 Å². The van der Waals surface area contributed by atoms with E-state index in [0.717, 1.165) is 94.4 Å². The third-order valence-electron chi connectivity index (χ3n) is 18.8. The summed E-state index contributed by atoms with van der Waals surface area (Å²) in [6, 6.07) is 3.86. The fourth-order valence-electron chi connectivity index (χ4n) is 16.7. The summed E-state index contributed by atoms with van der Waals surface area (Å²) < 4.78 is 0. The summed E-state index contributed by atoms with van der Waals surface area (Å²) in [6.45, 7) is 10.7. The number of nitrogens with zero attached hydrogens (tertiary/aromatic N) is 2. The molecule has 2 nitrogen and oxygen atoms in total. The zero-order valence-corrected chi connectivity index (χ0v) is 49.1. The van der Waals surface area contributed by atoms with Crippen LogP contribution < -0.4 is 0 Å². The Morgan fingerprint density at radius 1 is 0.450 bits per heavy atom. The first-order chi connectivity index (χ1) is 26.6. The molecular formula is C51H98Cl4N2SiZr2. The van der Waals surface area contributed by atoms with Gasteiger partial charge in [0, 0.05) is 24.2 Å². The molecule has 60 heavy (non-hydrogen) atoms. The second-order valence-corrected chi connectivity index (χ2v) is 34.2. The van der Waals surface area contributed by atoms with Crippen molar-refractivity contribution in [3.8, 4) is 0 Å². The molecule has 2 heterocycles. The van der Waals surface area contributed by atoms with Gasteiger partial charge in [-0.25, -0.2) is 0 Å². The zero-order valence-electron chi connectivity index (χ0n) is 40.1. The summed E-state index contributed by atoms with van der Waals surface area (Å²) in [5.74, 6) is 10.7. The molecule has 10 fully saturated rings. The molecule has 9 heteroatoms. The molecule has 2 aliphatic heterocycles. The summed E-state index contributed by atoms with van der Waals surface area (Å²) in [6.07, 6.45) is 36.8. The molecule has 0 aromatic rings. The average molecular weight is 1090 g/mol. The molecular weight excluding hydrogens is 993 g/mol. The standard InChI is InChI=1S/C24H43NSi.C17H29N.C5H10.CH4.4CH3.4ClH.2Zr/c1-16-13-14-21-20(15-16)22-18-11-7-8-12-19(18)24(23(22)25(21)2)26(3,4)17-9-5-6-10-17;1-11-7-8-16-14(9-11)15-10-12-5-3-4-6-13(12)17(15)18(16)2;1-2-4-5-3-1;;;;;;;;;;;/h16-24H,5-15H2,1-4H3;11-17H,3-10H2,1-2H3;1-5H2;1H4;4*1H3;4*1H;;/q;;;;4*-1;;;;;2*+4/p-4. The molecule has 0 aromatic carbocycles. The van der Waals surface area contributed by atoms with Crippen molar-refractivity contribution in [2.45, 2.75) is 224 Å². The Labute approximate surface area is 416 Å². The Morgan fingerprint density at radius 2 is 0.867 bits per heavy atom. The van der Waals surface area contributed by atoms with Gasteiger partial charge < -0.3 is 29.7 Å². The van der Waals surface area contributed by atoms with Gasteiger partial charge in [0.1, 0.15) is 0 Å². The topological polar surface area (TPSA) is 6.48 Å². The van der Waals surface area contributed by atoms with Crippen molar-refractivity contribution >= 4 is 42.1 Å². The van der Waals surface area contributed by atoms with Crippen LogP contribution in [0.4, 0.5) is 0 Å². The molecule has 15 unspecified atom stereocenters.